The number of aryl methyl sites for hydroxylation is 1. The predicted molar refractivity (Wildman–Crippen MR) is 100 cm³/mol. The smallest absolute Gasteiger partial charge is 0.261 e. The first-order valence-electron chi connectivity index (χ1n) is 8.77. The summed E-state index contributed by atoms with van der Waals surface area (Å²) in [6.45, 7) is 6.04. The summed E-state index contributed by atoms with van der Waals surface area (Å²) < 4.78 is 11.2. The highest BCUT2D eigenvalue weighted by Gasteiger charge is 2.21. The number of methoxy groups -OCH3 is 1. The Morgan fingerprint density at radius 3 is 2.24 bits per heavy atom. The summed E-state index contributed by atoms with van der Waals surface area (Å²) in [4.78, 5) is 12.6. The molecule has 2 aromatic rings. The molecule has 2 atom stereocenters. The number of hydrogen-bond acceptors (Lipinski definition) is 3. The average Bonchev–Trinajstić information content (AvgIpc) is 2.66. The Labute approximate surface area is 150 Å². The Kier molecular flexibility index (Phi) is 6.87. The van der Waals surface area contributed by atoms with Crippen molar-refractivity contribution in [3.63, 3.8) is 0 Å². The van der Waals surface area contributed by atoms with Crippen molar-refractivity contribution in [2.24, 2.45) is 0 Å². The number of ether oxygens (including phenoxy) is 2. The number of carbonyl (C=O) groups is 1. The van der Waals surface area contributed by atoms with Crippen molar-refractivity contribution in [1.82, 2.24) is 5.32 Å². The first-order valence-corrected chi connectivity index (χ1v) is 8.77. The van der Waals surface area contributed by atoms with Crippen LogP contribution in [0.2, 0.25) is 0 Å². The van der Waals surface area contributed by atoms with E-state index in [1.807, 2.05) is 38.1 Å². The maximum atomic E-state index is 12.6. The van der Waals surface area contributed by atoms with E-state index in [0.717, 1.165) is 12.0 Å². The number of amides is 1. The number of rotatable bonds is 8. The van der Waals surface area contributed by atoms with Gasteiger partial charge < -0.3 is 14.8 Å². The van der Waals surface area contributed by atoms with Crippen LogP contribution in [0.4, 0.5) is 0 Å². The largest absolute Gasteiger partial charge is 0.493 e. The molecule has 0 aliphatic rings. The van der Waals surface area contributed by atoms with Crippen molar-refractivity contribution >= 4 is 5.91 Å². The second-order valence-electron chi connectivity index (χ2n) is 5.99. The van der Waals surface area contributed by atoms with Gasteiger partial charge in [0.15, 0.2) is 17.6 Å². The fourth-order valence-electron chi connectivity index (χ4n) is 2.62. The van der Waals surface area contributed by atoms with Gasteiger partial charge in [-0.1, -0.05) is 50.2 Å². The van der Waals surface area contributed by atoms with Gasteiger partial charge in [0.1, 0.15) is 0 Å². The highest BCUT2D eigenvalue weighted by molar-refractivity contribution is 5.81. The summed E-state index contributed by atoms with van der Waals surface area (Å²) >= 11 is 0. The van der Waals surface area contributed by atoms with Crippen LogP contribution < -0.4 is 14.8 Å². The van der Waals surface area contributed by atoms with Crippen molar-refractivity contribution in [1.29, 1.82) is 0 Å². The number of benzene rings is 2. The van der Waals surface area contributed by atoms with E-state index in [4.69, 9.17) is 9.47 Å². The molecule has 4 heteroatoms. The standard InChI is InChI=1S/C21H27NO3/c1-5-16-11-13-17(14-12-16)15(3)22-21(23)18(6-2)25-20-10-8-7-9-19(20)24-4/h7-15,18H,5-6H2,1-4H3,(H,22,23). The van der Waals surface area contributed by atoms with Gasteiger partial charge in [-0.05, 0) is 43.0 Å². The van der Waals surface area contributed by atoms with Gasteiger partial charge in [-0.3, -0.25) is 4.79 Å². The van der Waals surface area contributed by atoms with E-state index in [1.165, 1.54) is 5.56 Å². The van der Waals surface area contributed by atoms with E-state index < -0.39 is 6.10 Å². The third-order valence-electron chi connectivity index (χ3n) is 4.25. The molecule has 0 aromatic heterocycles. The van der Waals surface area contributed by atoms with Crippen molar-refractivity contribution in [3.05, 3.63) is 59.7 Å². The molecular weight excluding hydrogens is 314 g/mol. The van der Waals surface area contributed by atoms with Crippen LogP contribution in [0, 0.1) is 0 Å². The van der Waals surface area contributed by atoms with Gasteiger partial charge in [-0.2, -0.15) is 0 Å². The number of carbonyl (C=O) groups excluding carboxylic acids is 1. The third-order valence-corrected chi connectivity index (χ3v) is 4.25. The van der Waals surface area contributed by atoms with E-state index in [0.29, 0.717) is 17.9 Å². The molecule has 0 fully saturated rings. The molecule has 1 N–H and O–H groups in total. The van der Waals surface area contributed by atoms with E-state index in [-0.39, 0.29) is 11.9 Å². The molecule has 25 heavy (non-hydrogen) atoms. The van der Waals surface area contributed by atoms with E-state index in [9.17, 15) is 4.79 Å². The molecule has 0 aliphatic heterocycles. The van der Waals surface area contributed by atoms with Gasteiger partial charge in [0.2, 0.25) is 0 Å². The lowest BCUT2D eigenvalue weighted by Crippen LogP contribution is -2.39. The SMILES string of the molecule is CCc1ccc(C(C)NC(=O)C(CC)Oc2ccccc2OC)cc1. The van der Waals surface area contributed by atoms with Crippen LogP contribution in [-0.2, 0) is 11.2 Å². The minimum absolute atomic E-state index is 0.0753. The van der Waals surface area contributed by atoms with Crippen LogP contribution >= 0.6 is 0 Å². The van der Waals surface area contributed by atoms with Crippen molar-refractivity contribution in [2.75, 3.05) is 7.11 Å². The van der Waals surface area contributed by atoms with Crippen molar-refractivity contribution in [3.8, 4) is 11.5 Å². The van der Waals surface area contributed by atoms with Gasteiger partial charge in [0, 0.05) is 0 Å². The van der Waals surface area contributed by atoms with Crippen LogP contribution in [0.15, 0.2) is 48.5 Å². The average molecular weight is 341 g/mol. The molecule has 0 heterocycles. The van der Waals surface area contributed by atoms with Crippen LogP contribution in [0.25, 0.3) is 0 Å². The zero-order chi connectivity index (χ0) is 18.2. The molecule has 4 nitrogen and oxygen atoms in total. The second kappa shape index (κ2) is 9.11. The molecule has 0 radical (unpaired) electrons. The fourth-order valence-corrected chi connectivity index (χ4v) is 2.62. The first-order chi connectivity index (χ1) is 12.1. The molecular formula is C21H27NO3. The molecule has 2 aromatic carbocycles. The van der Waals surface area contributed by atoms with Crippen molar-refractivity contribution in [2.45, 2.75) is 45.8 Å². The lowest BCUT2D eigenvalue weighted by atomic mass is 10.0. The summed E-state index contributed by atoms with van der Waals surface area (Å²) in [5.41, 5.74) is 2.37. The highest BCUT2D eigenvalue weighted by Crippen LogP contribution is 2.27. The monoisotopic (exact) mass is 341 g/mol. The molecule has 0 aliphatic carbocycles. The molecule has 0 spiro atoms. The number of hydrogen-bond donors (Lipinski definition) is 1. The maximum Gasteiger partial charge on any atom is 0.261 e. The molecule has 0 saturated heterocycles. The Morgan fingerprint density at radius 1 is 1.04 bits per heavy atom. The van der Waals surface area contributed by atoms with E-state index in [2.05, 4.69) is 36.5 Å². The molecule has 0 bridgehead atoms. The second-order valence-corrected chi connectivity index (χ2v) is 5.99. The quantitative estimate of drug-likeness (QED) is 0.779. The summed E-state index contributed by atoms with van der Waals surface area (Å²) in [5.74, 6) is 1.07. The normalized spacial score (nSPS) is 13.0. The predicted octanol–water partition coefficient (Wildman–Crippen LogP) is 4.29. The lowest BCUT2D eigenvalue weighted by molar-refractivity contribution is -0.128. The molecule has 2 unspecified atom stereocenters. The van der Waals surface area contributed by atoms with E-state index in [1.54, 1.807) is 7.11 Å². The topological polar surface area (TPSA) is 47.6 Å². The molecule has 134 valence electrons. The zero-order valence-corrected chi connectivity index (χ0v) is 15.4. The Morgan fingerprint density at radius 2 is 1.68 bits per heavy atom. The maximum absolute atomic E-state index is 12.6. The van der Waals surface area contributed by atoms with Gasteiger partial charge >= 0.3 is 0 Å². The van der Waals surface area contributed by atoms with E-state index >= 15 is 0 Å². The minimum Gasteiger partial charge on any atom is -0.493 e. The van der Waals surface area contributed by atoms with Gasteiger partial charge in [-0.15, -0.1) is 0 Å². The number of para-hydroxylation sites is 2. The van der Waals surface area contributed by atoms with Crippen LogP contribution in [0.5, 0.6) is 11.5 Å². The summed E-state index contributed by atoms with van der Waals surface area (Å²) in [7, 11) is 1.59. The Balaban J connectivity index is 2.03. The fraction of sp³-hybridized carbons (Fsp3) is 0.381. The van der Waals surface area contributed by atoms with Crippen LogP contribution in [-0.4, -0.2) is 19.1 Å². The molecule has 1 amide bonds. The molecule has 0 saturated carbocycles. The Bertz CT molecular complexity index is 682. The minimum atomic E-state index is -0.561. The van der Waals surface area contributed by atoms with Crippen LogP contribution in [0.1, 0.15) is 44.4 Å². The van der Waals surface area contributed by atoms with Gasteiger partial charge in [-0.25, -0.2) is 0 Å². The van der Waals surface area contributed by atoms with Crippen molar-refractivity contribution < 1.29 is 14.3 Å². The van der Waals surface area contributed by atoms with Crippen LogP contribution in [0.3, 0.4) is 0 Å². The van der Waals surface area contributed by atoms with Gasteiger partial charge in [0.25, 0.3) is 5.91 Å². The van der Waals surface area contributed by atoms with Gasteiger partial charge in [0.05, 0.1) is 13.2 Å². The Hall–Kier alpha value is -2.49. The lowest BCUT2D eigenvalue weighted by Gasteiger charge is -2.21. The third kappa shape index (κ3) is 4.99. The number of nitrogens with one attached hydrogen (secondary N) is 1. The summed E-state index contributed by atoms with van der Waals surface area (Å²) in [5, 5.41) is 3.04. The highest BCUT2D eigenvalue weighted by atomic mass is 16.5. The first kappa shape index (κ1) is 18.8. The summed E-state index contributed by atoms with van der Waals surface area (Å²) in [6, 6.07) is 15.6. The zero-order valence-electron chi connectivity index (χ0n) is 15.4. The summed E-state index contributed by atoms with van der Waals surface area (Å²) in [6.07, 6.45) is 1.02. The molecule has 2 rings (SSSR count).